The summed E-state index contributed by atoms with van der Waals surface area (Å²) in [6.07, 6.45) is 2.26. The van der Waals surface area contributed by atoms with Crippen molar-refractivity contribution < 1.29 is 9.21 Å². The zero-order valence-corrected chi connectivity index (χ0v) is 11.9. The van der Waals surface area contributed by atoms with Gasteiger partial charge in [-0.15, -0.1) is 11.3 Å². The fraction of sp³-hybridized carbons (Fsp3) is 0.286. The lowest BCUT2D eigenvalue weighted by Crippen LogP contribution is -2.12. The van der Waals surface area contributed by atoms with Gasteiger partial charge in [-0.3, -0.25) is 4.79 Å². The van der Waals surface area contributed by atoms with E-state index < -0.39 is 0 Å². The topological polar surface area (TPSA) is 66.0 Å². The summed E-state index contributed by atoms with van der Waals surface area (Å²) in [5.74, 6) is 0.326. The molecule has 2 aromatic heterocycles. The standard InChI is InChI=1S/C14H14N2O2S/c1-4-10-9(3)19-14(12(10)7-15)16-13(17)11-5-6-18-8(11)2/h5-6H,4H2,1-3H3,(H,16,17). The lowest BCUT2D eigenvalue weighted by molar-refractivity contribution is 0.102. The number of amides is 1. The number of furan rings is 1. The van der Waals surface area contributed by atoms with Crippen molar-refractivity contribution in [2.75, 3.05) is 5.32 Å². The van der Waals surface area contributed by atoms with Crippen LogP contribution in [-0.4, -0.2) is 5.91 Å². The van der Waals surface area contributed by atoms with E-state index in [9.17, 15) is 10.1 Å². The molecule has 4 nitrogen and oxygen atoms in total. The second-order valence-corrected chi connectivity index (χ2v) is 5.38. The molecule has 0 atom stereocenters. The SMILES string of the molecule is CCc1c(C)sc(NC(=O)c2ccoc2C)c1C#N. The second kappa shape index (κ2) is 5.29. The second-order valence-electron chi connectivity index (χ2n) is 4.15. The molecule has 0 saturated heterocycles. The van der Waals surface area contributed by atoms with Gasteiger partial charge in [0.05, 0.1) is 17.4 Å². The third kappa shape index (κ3) is 2.40. The maximum absolute atomic E-state index is 12.1. The molecule has 0 aliphatic heterocycles. The smallest absolute Gasteiger partial charge is 0.259 e. The Labute approximate surface area is 115 Å². The summed E-state index contributed by atoms with van der Waals surface area (Å²) >= 11 is 1.44. The van der Waals surface area contributed by atoms with Gasteiger partial charge in [0.25, 0.3) is 5.91 Å². The van der Waals surface area contributed by atoms with Crippen LogP contribution >= 0.6 is 11.3 Å². The summed E-state index contributed by atoms with van der Waals surface area (Å²) in [6.45, 7) is 5.70. The maximum Gasteiger partial charge on any atom is 0.259 e. The van der Waals surface area contributed by atoms with E-state index in [2.05, 4.69) is 11.4 Å². The summed E-state index contributed by atoms with van der Waals surface area (Å²) < 4.78 is 5.11. The molecule has 0 radical (unpaired) electrons. The molecule has 0 saturated carbocycles. The summed E-state index contributed by atoms with van der Waals surface area (Å²) in [6, 6.07) is 3.80. The van der Waals surface area contributed by atoms with E-state index in [1.54, 1.807) is 13.0 Å². The van der Waals surface area contributed by atoms with Gasteiger partial charge in [0.2, 0.25) is 0 Å². The predicted octanol–water partition coefficient (Wildman–Crippen LogP) is 3.64. The largest absolute Gasteiger partial charge is 0.469 e. The minimum absolute atomic E-state index is 0.244. The molecule has 0 unspecified atom stereocenters. The number of nitrogens with one attached hydrogen (secondary N) is 1. The molecule has 0 fully saturated rings. The molecule has 2 rings (SSSR count). The van der Waals surface area contributed by atoms with Gasteiger partial charge in [-0.25, -0.2) is 0 Å². The number of anilines is 1. The average Bonchev–Trinajstić information content (AvgIpc) is 2.92. The molecular weight excluding hydrogens is 260 g/mol. The summed E-state index contributed by atoms with van der Waals surface area (Å²) in [7, 11) is 0. The van der Waals surface area contributed by atoms with Crippen LogP contribution in [0.2, 0.25) is 0 Å². The first kappa shape index (κ1) is 13.4. The van der Waals surface area contributed by atoms with Crippen LogP contribution in [0.4, 0.5) is 5.00 Å². The summed E-state index contributed by atoms with van der Waals surface area (Å²) in [4.78, 5) is 13.2. The number of nitriles is 1. The Morgan fingerprint density at radius 2 is 2.26 bits per heavy atom. The molecule has 98 valence electrons. The van der Waals surface area contributed by atoms with Crippen molar-refractivity contribution in [1.82, 2.24) is 0 Å². The lowest BCUT2D eigenvalue weighted by Gasteiger charge is -2.02. The first-order valence-corrected chi connectivity index (χ1v) is 6.77. The first-order chi connectivity index (χ1) is 9.08. The van der Waals surface area contributed by atoms with Crippen LogP contribution in [-0.2, 0) is 6.42 Å². The Kier molecular flexibility index (Phi) is 3.72. The van der Waals surface area contributed by atoms with Crippen molar-refractivity contribution in [2.45, 2.75) is 27.2 Å². The third-order valence-electron chi connectivity index (χ3n) is 3.00. The number of nitrogens with zero attached hydrogens (tertiary/aromatic N) is 1. The van der Waals surface area contributed by atoms with Crippen LogP contribution in [0.5, 0.6) is 0 Å². The van der Waals surface area contributed by atoms with Crippen LogP contribution < -0.4 is 5.32 Å². The zero-order valence-electron chi connectivity index (χ0n) is 11.0. The zero-order chi connectivity index (χ0) is 14.0. The van der Waals surface area contributed by atoms with E-state index in [0.29, 0.717) is 21.9 Å². The fourth-order valence-electron chi connectivity index (χ4n) is 2.00. The molecule has 1 amide bonds. The molecule has 0 aromatic carbocycles. The number of carbonyl (C=O) groups is 1. The molecule has 0 aliphatic carbocycles. The Morgan fingerprint density at radius 3 is 2.79 bits per heavy atom. The highest BCUT2D eigenvalue weighted by Crippen LogP contribution is 2.33. The highest BCUT2D eigenvalue weighted by atomic mass is 32.1. The van der Waals surface area contributed by atoms with Gasteiger partial charge in [-0.2, -0.15) is 5.26 Å². The average molecular weight is 274 g/mol. The highest BCUT2D eigenvalue weighted by molar-refractivity contribution is 7.16. The predicted molar refractivity (Wildman–Crippen MR) is 74.5 cm³/mol. The van der Waals surface area contributed by atoms with Crippen molar-refractivity contribution in [2.24, 2.45) is 0 Å². The molecule has 2 aromatic rings. The van der Waals surface area contributed by atoms with Gasteiger partial charge >= 0.3 is 0 Å². The molecule has 0 bridgehead atoms. The van der Waals surface area contributed by atoms with Gasteiger partial charge in [0.15, 0.2) is 0 Å². The van der Waals surface area contributed by atoms with Gasteiger partial charge in [0, 0.05) is 4.88 Å². The van der Waals surface area contributed by atoms with Crippen molar-refractivity contribution in [1.29, 1.82) is 5.26 Å². The number of hydrogen-bond acceptors (Lipinski definition) is 4. The molecule has 0 aliphatic rings. The van der Waals surface area contributed by atoms with Gasteiger partial charge in [-0.1, -0.05) is 6.92 Å². The normalized spacial score (nSPS) is 10.2. The fourth-order valence-corrected chi connectivity index (χ4v) is 3.09. The molecule has 1 N–H and O–H groups in total. The van der Waals surface area contributed by atoms with E-state index in [0.717, 1.165) is 16.9 Å². The number of hydrogen-bond donors (Lipinski definition) is 1. The Balaban J connectivity index is 2.33. The Bertz CT molecular complexity index is 662. The lowest BCUT2D eigenvalue weighted by atomic mass is 10.1. The molecule has 19 heavy (non-hydrogen) atoms. The van der Waals surface area contributed by atoms with Crippen molar-refractivity contribution in [3.63, 3.8) is 0 Å². The quantitative estimate of drug-likeness (QED) is 0.929. The van der Waals surface area contributed by atoms with Gasteiger partial charge in [0.1, 0.15) is 16.8 Å². The summed E-state index contributed by atoms with van der Waals surface area (Å²) in [5, 5.41) is 12.6. The minimum Gasteiger partial charge on any atom is -0.469 e. The van der Waals surface area contributed by atoms with E-state index >= 15 is 0 Å². The van der Waals surface area contributed by atoms with E-state index in [1.165, 1.54) is 17.6 Å². The number of thiophene rings is 1. The number of carbonyl (C=O) groups excluding carboxylic acids is 1. The highest BCUT2D eigenvalue weighted by Gasteiger charge is 2.18. The minimum atomic E-state index is -0.244. The van der Waals surface area contributed by atoms with Crippen LogP contribution in [0.15, 0.2) is 16.7 Å². The molecular formula is C14H14N2O2S. The van der Waals surface area contributed by atoms with Gasteiger partial charge < -0.3 is 9.73 Å². The van der Waals surface area contributed by atoms with Crippen molar-refractivity contribution >= 4 is 22.2 Å². The van der Waals surface area contributed by atoms with Crippen LogP contribution in [0.25, 0.3) is 0 Å². The Morgan fingerprint density at radius 1 is 1.53 bits per heavy atom. The maximum atomic E-state index is 12.1. The van der Waals surface area contributed by atoms with Crippen molar-refractivity contribution in [3.8, 4) is 6.07 Å². The van der Waals surface area contributed by atoms with E-state index in [4.69, 9.17) is 4.42 Å². The van der Waals surface area contributed by atoms with Crippen LogP contribution in [0.1, 0.15) is 39.0 Å². The molecule has 0 spiro atoms. The first-order valence-electron chi connectivity index (χ1n) is 5.96. The van der Waals surface area contributed by atoms with E-state index in [-0.39, 0.29) is 5.91 Å². The number of rotatable bonds is 3. The monoisotopic (exact) mass is 274 g/mol. The number of aryl methyl sites for hydroxylation is 2. The van der Waals surface area contributed by atoms with Gasteiger partial charge in [-0.05, 0) is 31.9 Å². The van der Waals surface area contributed by atoms with Crippen molar-refractivity contribution in [3.05, 3.63) is 39.7 Å². The van der Waals surface area contributed by atoms with E-state index in [1.807, 2.05) is 13.8 Å². The van der Waals surface area contributed by atoms with Crippen LogP contribution in [0, 0.1) is 25.2 Å². The molecule has 2 heterocycles. The summed E-state index contributed by atoms with van der Waals surface area (Å²) in [5.41, 5.74) is 2.07. The molecule has 5 heteroatoms. The third-order valence-corrected chi connectivity index (χ3v) is 4.07. The van der Waals surface area contributed by atoms with Crippen LogP contribution in [0.3, 0.4) is 0 Å². The Hall–Kier alpha value is -2.06.